The zero-order chi connectivity index (χ0) is 14.4. The molecule has 0 saturated heterocycles. The number of anilines is 1. The normalized spacial score (nSPS) is 10.1. The van der Waals surface area contributed by atoms with Crippen LogP contribution >= 0.6 is 0 Å². The predicted octanol–water partition coefficient (Wildman–Crippen LogP) is 1.23. The number of hydrogen-bond donors (Lipinski definition) is 2. The molecule has 0 aliphatic rings. The van der Waals surface area contributed by atoms with Crippen molar-refractivity contribution in [2.24, 2.45) is 0 Å². The molecule has 0 bridgehead atoms. The van der Waals surface area contributed by atoms with Crippen LogP contribution in [0.3, 0.4) is 0 Å². The number of aliphatic hydroxyl groups is 1. The van der Waals surface area contributed by atoms with Crippen molar-refractivity contribution in [2.75, 3.05) is 26.1 Å². The largest absolute Gasteiger partial charge is 0.491 e. The third kappa shape index (κ3) is 3.27. The summed E-state index contributed by atoms with van der Waals surface area (Å²) in [5.41, 5.74) is 6.04. The molecule has 0 radical (unpaired) electrons. The molecule has 7 heteroatoms. The SMILES string of the molecule is COc1ncnc(Oc2ccc(OCCO)cc2)c1N. The summed E-state index contributed by atoms with van der Waals surface area (Å²) in [5.74, 6) is 1.67. The first-order valence-corrected chi connectivity index (χ1v) is 5.90. The standard InChI is InChI=1S/C13H15N3O4/c1-18-12-11(14)13(16-8-15-12)20-10-4-2-9(3-5-10)19-7-6-17/h2-5,8,17H,6-7,14H2,1H3. The second-order valence-corrected chi connectivity index (χ2v) is 3.75. The Morgan fingerprint density at radius 2 is 1.75 bits per heavy atom. The van der Waals surface area contributed by atoms with Gasteiger partial charge in [0.1, 0.15) is 24.4 Å². The van der Waals surface area contributed by atoms with Crippen LogP contribution in [0.1, 0.15) is 0 Å². The second kappa shape index (κ2) is 6.58. The maximum atomic E-state index is 8.67. The van der Waals surface area contributed by atoms with E-state index >= 15 is 0 Å². The molecule has 20 heavy (non-hydrogen) atoms. The number of nitrogens with zero attached hydrogens (tertiary/aromatic N) is 2. The first kappa shape index (κ1) is 13.9. The van der Waals surface area contributed by atoms with Crippen LogP contribution in [0.5, 0.6) is 23.3 Å². The fourth-order valence-electron chi connectivity index (χ4n) is 1.49. The molecule has 3 N–H and O–H groups in total. The summed E-state index contributed by atoms with van der Waals surface area (Å²) in [6.07, 6.45) is 1.31. The van der Waals surface area contributed by atoms with Crippen molar-refractivity contribution in [1.82, 2.24) is 9.97 Å². The van der Waals surface area contributed by atoms with Gasteiger partial charge in [0, 0.05) is 0 Å². The number of aromatic nitrogens is 2. The third-order valence-electron chi connectivity index (χ3n) is 2.40. The van der Waals surface area contributed by atoms with Crippen LogP contribution in [0, 0.1) is 0 Å². The summed E-state index contributed by atoms with van der Waals surface area (Å²) in [6.45, 7) is 0.214. The monoisotopic (exact) mass is 277 g/mol. The molecule has 1 heterocycles. The number of nitrogens with two attached hydrogens (primary N) is 1. The van der Waals surface area contributed by atoms with Crippen LogP contribution in [0.2, 0.25) is 0 Å². The summed E-state index contributed by atoms with van der Waals surface area (Å²) in [5, 5.41) is 8.67. The Kier molecular flexibility index (Phi) is 4.56. The average Bonchev–Trinajstić information content (AvgIpc) is 2.48. The fourth-order valence-corrected chi connectivity index (χ4v) is 1.49. The van der Waals surface area contributed by atoms with Gasteiger partial charge in [-0.05, 0) is 24.3 Å². The van der Waals surface area contributed by atoms with Crippen LogP contribution in [-0.2, 0) is 0 Å². The van der Waals surface area contributed by atoms with Crippen molar-refractivity contribution in [1.29, 1.82) is 0 Å². The maximum absolute atomic E-state index is 8.67. The predicted molar refractivity (Wildman–Crippen MR) is 72.1 cm³/mol. The smallest absolute Gasteiger partial charge is 0.249 e. The molecule has 0 unspecified atom stereocenters. The minimum atomic E-state index is -0.0322. The van der Waals surface area contributed by atoms with E-state index in [0.29, 0.717) is 11.5 Å². The molecular weight excluding hydrogens is 262 g/mol. The van der Waals surface area contributed by atoms with Crippen LogP contribution in [0.15, 0.2) is 30.6 Å². The molecule has 0 atom stereocenters. The maximum Gasteiger partial charge on any atom is 0.249 e. The molecule has 1 aromatic heterocycles. The summed E-state index contributed by atoms with van der Waals surface area (Å²) < 4.78 is 15.8. The molecule has 2 rings (SSSR count). The van der Waals surface area contributed by atoms with Crippen LogP contribution < -0.4 is 19.9 Å². The van der Waals surface area contributed by atoms with Gasteiger partial charge < -0.3 is 25.1 Å². The molecule has 0 aliphatic heterocycles. The van der Waals surface area contributed by atoms with Crippen molar-refractivity contribution in [2.45, 2.75) is 0 Å². The Labute approximate surface area is 115 Å². The van der Waals surface area contributed by atoms with E-state index in [0.717, 1.165) is 0 Å². The minimum absolute atomic E-state index is 0.0322. The fraction of sp³-hybridized carbons (Fsp3) is 0.231. The third-order valence-corrected chi connectivity index (χ3v) is 2.40. The number of aliphatic hydroxyl groups excluding tert-OH is 1. The summed E-state index contributed by atoms with van der Waals surface area (Å²) in [7, 11) is 1.47. The number of nitrogen functional groups attached to an aromatic ring is 1. The number of ether oxygens (including phenoxy) is 3. The van der Waals surface area contributed by atoms with Gasteiger partial charge in [-0.25, -0.2) is 0 Å². The Bertz CT molecular complexity index is 560. The van der Waals surface area contributed by atoms with Crippen LogP contribution in [0.4, 0.5) is 5.69 Å². The van der Waals surface area contributed by atoms with Crippen LogP contribution in [0.25, 0.3) is 0 Å². The molecule has 7 nitrogen and oxygen atoms in total. The highest BCUT2D eigenvalue weighted by molar-refractivity contribution is 5.56. The van der Waals surface area contributed by atoms with E-state index in [9.17, 15) is 0 Å². The van der Waals surface area contributed by atoms with E-state index in [1.165, 1.54) is 13.4 Å². The molecule has 0 spiro atoms. The lowest BCUT2D eigenvalue weighted by molar-refractivity contribution is 0.201. The molecule has 106 valence electrons. The van der Waals surface area contributed by atoms with Gasteiger partial charge in [0.15, 0.2) is 5.69 Å². The van der Waals surface area contributed by atoms with Gasteiger partial charge in [-0.2, -0.15) is 9.97 Å². The first-order valence-electron chi connectivity index (χ1n) is 5.90. The topological polar surface area (TPSA) is 99.7 Å². The Hall–Kier alpha value is -2.54. The van der Waals surface area contributed by atoms with Crippen molar-refractivity contribution < 1.29 is 19.3 Å². The number of methoxy groups -OCH3 is 1. The molecule has 0 fully saturated rings. The van der Waals surface area contributed by atoms with Gasteiger partial charge in [-0.1, -0.05) is 0 Å². The minimum Gasteiger partial charge on any atom is -0.491 e. The van der Waals surface area contributed by atoms with E-state index in [4.69, 9.17) is 25.1 Å². The zero-order valence-corrected chi connectivity index (χ0v) is 10.9. The number of benzene rings is 1. The van der Waals surface area contributed by atoms with E-state index in [1.807, 2.05) is 0 Å². The van der Waals surface area contributed by atoms with Crippen molar-refractivity contribution in [3.05, 3.63) is 30.6 Å². The molecule has 0 amide bonds. The summed E-state index contributed by atoms with van der Waals surface area (Å²) in [4.78, 5) is 7.82. The lowest BCUT2D eigenvalue weighted by Gasteiger charge is -2.10. The molecule has 2 aromatic rings. The van der Waals surface area contributed by atoms with E-state index in [1.54, 1.807) is 24.3 Å². The lowest BCUT2D eigenvalue weighted by atomic mass is 10.3. The highest BCUT2D eigenvalue weighted by Gasteiger charge is 2.10. The molecule has 1 aromatic carbocycles. The lowest BCUT2D eigenvalue weighted by Crippen LogP contribution is -2.02. The highest BCUT2D eigenvalue weighted by Crippen LogP contribution is 2.30. The van der Waals surface area contributed by atoms with Crippen LogP contribution in [-0.4, -0.2) is 35.4 Å². The average molecular weight is 277 g/mol. The van der Waals surface area contributed by atoms with Gasteiger partial charge >= 0.3 is 0 Å². The highest BCUT2D eigenvalue weighted by atomic mass is 16.5. The van der Waals surface area contributed by atoms with Gasteiger partial charge in [-0.15, -0.1) is 0 Å². The number of hydrogen-bond acceptors (Lipinski definition) is 7. The van der Waals surface area contributed by atoms with Crippen molar-refractivity contribution in [3.63, 3.8) is 0 Å². The van der Waals surface area contributed by atoms with Crippen molar-refractivity contribution >= 4 is 5.69 Å². The molecular formula is C13H15N3O4. The molecule has 0 aliphatic carbocycles. The Morgan fingerprint density at radius 1 is 1.10 bits per heavy atom. The van der Waals surface area contributed by atoms with Gasteiger partial charge in [0.05, 0.1) is 13.7 Å². The second-order valence-electron chi connectivity index (χ2n) is 3.75. The first-order chi connectivity index (χ1) is 9.74. The van der Waals surface area contributed by atoms with E-state index < -0.39 is 0 Å². The molecule has 0 saturated carbocycles. The quantitative estimate of drug-likeness (QED) is 0.819. The number of rotatable bonds is 6. The van der Waals surface area contributed by atoms with Gasteiger partial charge in [0.2, 0.25) is 11.8 Å². The van der Waals surface area contributed by atoms with E-state index in [2.05, 4.69) is 9.97 Å². The van der Waals surface area contributed by atoms with Gasteiger partial charge in [-0.3, -0.25) is 0 Å². The summed E-state index contributed by atoms with van der Waals surface area (Å²) >= 11 is 0. The van der Waals surface area contributed by atoms with Gasteiger partial charge in [0.25, 0.3) is 0 Å². The summed E-state index contributed by atoms with van der Waals surface area (Å²) in [6, 6.07) is 6.86. The van der Waals surface area contributed by atoms with Crippen molar-refractivity contribution in [3.8, 4) is 23.3 Å². The van der Waals surface area contributed by atoms with E-state index in [-0.39, 0.29) is 30.7 Å². The zero-order valence-electron chi connectivity index (χ0n) is 10.9. The Balaban J connectivity index is 2.10. The Morgan fingerprint density at radius 3 is 2.40 bits per heavy atom.